The van der Waals surface area contributed by atoms with Crippen molar-refractivity contribution < 1.29 is 8.85 Å². The molecule has 0 bridgehead atoms. The van der Waals surface area contributed by atoms with Crippen molar-refractivity contribution in [3.63, 3.8) is 0 Å². The first-order chi connectivity index (χ1) is 10.4. The van der Waals surface area contributed by atoms with E-state index in [4.69, 9.17) is 8.85 Å². The number of rotatable bonds is 8. The van der Waals surface area contributed by atoms with Gasteiger partial charge in [-0.25, -0.2) is 0 Å². The highest BCUT2D eigenvalue weighted by Gasteiger charge is 2.28. The van der Waals surface area contributed by atoms with Crippen molar-refractivity contribution in [2.75, 3.05) is 13.6 Å². The van der Waals surface area contributed by atoms with Gasteiger partial charge in [0.1, 0.15) is 5.75 Å². The maximum Gasteiger partial charge on any atom is 0.242 e. The van der Waals surface area contributed by atoms with Crippen LogP contribution in [-0.4, -0.2) is 41.2 Å². The quantitative estimate of drug-likeness (QED) is 0.604. The minimum Gasteiger partial charge on any atom is -0.544 e. The van der Waals surface area contributed by atoms with Crippen molar-refractivity contribution in [1.82, 2.24) is 4.90 Å². The Labute approximate surface area is 145 Å². The van der Waals surface area contributed by atoms with Crippen LogP contribution < -0.4 is 4.43 Å². The first kappa shape index (κ1) is 20.4. The molecular formula is C18H35NO2Si2. The lowest BCUT2D eigenvalue weighted by molar-refractivity contribution is 0.0897. The molecule has 23 heavy (non-hydrogen) atoms. The van der Waals surface area contributed by atoms with E-state index in [0.717, 1.165) is 12.3 Å². The molecule has 2 atom stereocenters. The van der Waals surface area contributed by atoms with Gasteiger partial charge in [0.05, 0.1) is 6.10 Å². The molecule has 1 rings (SSSR count). The highest BCUT2D eigenvalue weighted by atomic mass is 28.4. The fourth-order valence-electron chi connectivity index (χ4n) is 2.42. The van der Waals surface area contributed by atoms with Crippen molar-refractivity contribution in [2.24, 2.45) is 0 Å². The molecule has 0 aromatic heterocycles. The Morgan fingerprint density at radius 3 is 1.87 bits per heavy atom. The predicted octanol–water partition coefficient (Wildman–Crippen LogP) is 5.13. The van der Waals surface area contributed by atoms with E-state index < -0.39 is 16.6 Å². The summed E-state index contributed by atoms with van der Waals surface area (Å²) < 4.78 is 12.6. The van der Waals surface area contributed by atoms with Crippen LogP contribution in [0.5, 0.6) is 5.75 Å². The number of nitrogens with zero attached hydrogens (tertiary/aromatic N) is 1. The largest absolute Gasteiger partial charge is 0.544 e. The second kappa shape index (κ2) is 7.97. The summed E-state index contributed by atoms with van der Waals surface area (Å²) in [6.45, 7) is 18.8. The standard InChI is InChI=1S/C18H35NO2Si2/c1-10-19(3)15(2)18(21-23(7,8)9)16-11-13-17(14-12-16)20-22(4,5)6/h11-15,18H,10H2,1-9H3. The van der Waals surface area contributed by atoms with Crippen LogP contribution in [0.4, 0.5) is 0 Å². The molecule has 0 saturated carbocycles. The van der Waals surface area contributed by atoms with Crippen LogP contribution in [0.2, 0.25) is 39.3 Å². The zero-order valence-electron chi connectivity index (χ0n) is 16.4. The average Bonchev–Trinajstić information content (AvgIpc) is 2.41. The average molecular weight is 354 g/mol. The SMILES string of the molecule is CCN(C)C(C)C(O[Si](C)(C)C)c1ccc(O[Si](C)(C)C)cc1. The lowest BCUT2D eigenvalue weighted by Gasteiger charge is -2.35. The van der Waals surface area contributed by atoms with Gasteiger partial charge >= 0.3 is 0 Å². The predicted molar refractivity (Wildman–Crippen MR) is 105 cm³/mol. The third kappa shape index (κ3) is 7.20. The van der Waals surface area contributed by atoms with Gasteiger partial charge in [-0.1, -0.05) is 19.1 Å². The Morgan fingerprint density at radius 1 is 0.957 bits per heavy atom. The molecule has 132 valence electrons. The Hall–Kier alpha value is -0.626. The summed E-state index contributed by atoms with van der Waals surface area (Å²) in [5.41, 5.74) is 1.24. The van der Waals surface area contributed by atoms with Gasteiger partial charge in [0.15, 0.2) is 8.32 Å². The normalized spacial score (nSPS) is 15.6. The van der Waals surface area contributed by atoms with Crippen molar-refractivity contribution in [3.05, 3.63) is 29.8 Å². The van der Waals surface area contributed by atoms with Gasteiger partial charge in [-0.2, -0.15) is 0 Å². The van der Waals surface area contributed by atoms with E-state index in [1.165, 1.54) is 5.56 Å². The van der Waals surface area contributed by atoms with E-state index in [1.807, 2.05) is 0 Å². The van der Waals surface area contributed by atoms with Crippen molar-refractivity contribution in [2.45, 2.75) is 65.3 Å². The highest BCUT2D eigenvalue weighted by Crippen LogP contribution is 2.30. The zero-order chi connectivity index (χ0) is 17.8. The number of likely N-dealkylation sites (N-methyl/N-ethyl adjacent to an activating group) is 1. The molecule has 0 amide bonds. The molecule has 3 nitrogen and oxygen atoms in total. The first-order valence-corrected chi connectivity index (χ1v) is 15.4. The molecule has 0 aliphatic rings. The second-order valence-electron chi connectivity index (χ2n) is 8.25. The summed E-state index contributed by atoms with van der Waals surface area (Å²) in [7, 11) is -1.03. The van der Waals surface area contributed by atoms with Crippen molar-refractivity contribution in [1.29, 1.82) is 0 Å². The fraction of sp³-hybridized carbons (Fsp3) is 0.667. The van der Waals surface area contributed by atoms with Crippen molar-refractivity contribution >= 4 is 16.6 Å². The maximum atomic E-state index is 6.51. The minimum atomic E-state index is -1.63. The molecular weight excluding hydrogens is 318 g/mol. The van der Waals surface area contributed by atoms with Crippen LogP contribution in [0.1, 0.15) is 25.5 Å². The third-order valence-corrected chi connectivity index (χ3v) is 5.55. The van der Waals surface area contributed by atoms with Gasteiger partial charge in [-0.15, -0.1) is 0 Å². The number of benzene rings is 1. The van der Waals surface area contributed by atoms with E-state index in [1.54, 1.807) is 0 Å². The molecule has 0 N–H and O–H groups in total. The highest BCUT2D eigenvalue weighted by molar-refractivity contribution is 6.70. The Balaban J connectivity index is 3.02. The summed E-state index contributed by atoms with van der Waals surface area (Å²) >= 11 is 0. The van der Waals surface area contributed by atoms with E-state index in [0.29, 0.717) is 6.04 Å². The second-order valence-corrected chi connectivity index (χ2v) is 17.1. The fourth-order valence-corrected chi connectivity index (χ4v) is 4.36. The van der Waals surface area contributed by atoms with Gasteiger partial charge < -0.3 is 13.8 Å². The first-order valence-electron chi connectivity index (χ1n) is 8.60. The topological polar surface area (TPSA) is 21.7 Å². The molecule has 0 aliphatic carbocycles. The maximum absolute atomic E-state index is 6.51. The van der Waals surface area contributed by atoms with E-state index in [9.17, 15) is 0 Å². The lowest BCUT2D eigenvalue weighted by Crippen LogP contribution is -2.40. The summed E-state index contributed by atoms with van der Waals surface area (Å²) in [5, 5.41) is 0. The monoisotopic (exact) mass is 353 g/mol. The molecule has 0 spiro atoms. The molecule has 0 radical (unpaired) electrons. The lowest BCUT2D eigenvalue weighted by atomic mass is 10.0. The van der Waals surface area contributed by atoms with E-state index >= 15 is 0 Å². The van der Waals surface area contributed by atoms with Gasteiger partial charge in [-0.05, 0) is 77.5 Å². The molecule has 0 heterocycles. The summed E-state index contributed by atoms with van der Waals surface area (Å²) in [6.07, 6.45) is 0.104. The van der Waals surface area contributed by atoms with Gasteiger partial charge in [0.25, 0.3) is 0 Å². The third-order valence-electron chi connectivity index (χ3n) is 3.75. The smallest absolute Gasteiger partial charge is 0.242 e. The van der Waals surface area contributed by atoms with Gasteiger partial charge in [-0.3, -0.25) is 0 Å². The zero-order valence-corrected chi connectivity index (χ0v) is 18.4. The molecule has 0 fully saturated rings. The summed E-state index contributed by atoms with van der Waals surface area (Å²) in [5.74, 6) is 0.969. The number of hydrogen-bond acceptors (Lipinski definition) is 3. The van der Waals surface area contributed by atoms with Gasteiger partial charge in [0.2, 0.25) is 8.32 Å². The molecule has 0 aliphatic heterocycles. The Kier molecular flexibility index (Phi) is 7.07. The van der Waals surface area contributed by atoms with Crippen LogP contribution in [0.3, 0.4) is 0 Å². The van der Waals surface area contributed by atoms with Crippen LogP contribution in [0.15, 0.2) is 24.3 Å². The van der Waals surface area contributed by atoms with Gasteiger partial charge in [0, 0.05) is 6.04 Å². The number of hydrogen-bond donors (Lipinski definition) is 0. The summed E-state index contributed by atoms with van der Waals surface area (Å²) in [4.78, 5) is 2.34. The molecule has 1 aromatic carbocycles. The van der Waals surface area contributed by atoms with E-state index in [2.05, 4.69) is 89.3 Å². The molecule has 2 unspecified atom stereocenters. The summed E-state index contributed by atoms with van der Waals surface area (Å²) in [6, 6.07) is 8.86. The molecule has 1 aromatic rings. The molecule has 5 heteroatoms. The Morgan fingerprint density at radius 2 is 1.48 bits per heavy atom. The molecule has 0 saturated heterocycles. The van der Waals surface area contributed by atoms with Crippen LogP contribution in [0.25, 0.3) is 0 Å². The minimum absolute atomic E-state index is 0.104. The van der Waals surface area contributed by atoms with Crippen molar-refractivity contribution in [3.8, 4) is 5.75 Å². The van der Waals surface area contributed by atoms with Crippen LogP contribution in [-0.2, 0) is 4.43 Å². The Bertz CT molecular complexity index is 477. The van der Waals surface area contributed by atoms with Crippen LogP contribution >= 0.6 is 0 Å². The van der Waals surface area contributed by atoms with E-state index in [-0.39, 0.29) is 6.10 Å². The van der Waals surface area contributed by atoms with Crippen LogP contribution in [0, 0.1) is 0 Å².